The molecule has 0 radical (unpaired) electrons. The van der Waals surface area contributed by atoms with Gasteiger partial charge >= 0.3 is 5.97 Å². The summed E-state index contributed by atoms with van der Waals surface area (Å²) < 4.78 is 36.5. The first-order valence-corrected chi connectivity index (χ1v) is 16.5. The van der Waals surface area contributed by atoms with E-state index in [0.29, 0.717) is 13.1 Å². The SMILES string of the molecule is CNS(=O)(=O)c1cccc(C(=O)OCC(=O)N2CCCc3ccccc32)c1.Cc1ccc(CN(C)C(=O)C2CCCCC2)o1. The molecule has 236 valence electrons. The van der Waals surface area contributed by atoms with Crippen molar-refractivity contribution >= 4 is 33.5 Å². The molecule has 2 heterocycles. The number of carbonyl (C=O) groups is 3. The fourth-order valence-corrected chi connectivity index (χ4v) is 6.31. The van der Waals surface area contributed by atoms with Gasteiger partial charge in [0.2, 0.25) is 15.9 Å². The second-order valence-corrected chi connectivity index (χ2v) is 13.0. The fourth-order valence-electron chi connectivity index (χ4n) is 5.53. The summed E-state index contributed by atoms with van der Waals surface area (Å²) in [5.74, 6) is 1.23. The first-order chi connectivity index (χ1) is 21.1. The van der Waals surface area contributed by atoms with Crippen molar-refractivity contribution in [3.63, 3.8) is 0 Å². The molecule has 0 atom stereocenters. The van der Waals surface area contributed by atoms with Gasteiger partial charge in [-0.25, -0.2) is 17.9 Å². The molecule has 2 aromatic carbocycles. The Kier molecular flexibility index (Phi) is 11.4. The number of para-hydroxylation sites is 1. The number of carbonyl (C=O) groups excluding carboxylic acids is 3. The number of nitrogens with zero attached hydrogens (tertiary/aromatic N) is 2. The number of furan rings is 1. The van der Waals surface area contributed by atoms with Crippen LogP contribution in [0.25, 0.3) is 0 Å². The number of fused-ring (bicyclic) bond motifs is 1. The van der Waals surface area contributed by atoms with Gasteiger partial charge in [-0.3, -0.25) is 9.59 Å². The average Bonchev–Trinajstić information content (AvgIpc) is 3.47. The molecule has 2 aliphatic rings. The van der Waals surface area contributed by atoms with E-state index in [1.165, 1.54) is 50.6 Å². The molecule has 3 aromatic rings. The van der Waals surface area contributed by atoms with Gasteiger partial charge in [-0.15, -0.1) is 0 Å². The number of hydrogen-bond donors (Lipinski definition) is 1. The van der Waals surface area contributed by atoms with Gasteiger partial charge < -0.3 is 19.0 Å². The topological polar surface area (TPSA) is 126 Å². The molecule has 0 bridgehead atoms. The van der Waals surface area contributed by atoms with Crippen LogP contribution < -0.4 is 9.62 Å². The maximum Gasteiger partial charge on any atom is 0.338 e. The number of aryl methyl sites for hydroxylation is 2. The molecule has 1 aliphatic heterocycles. The van der Waals surface area contributed by atoms with Crippen molar-refractivity contribution in [2.45, 2.75) is 63.3 Å². The number of benzene rings is 2. The highest BCUT2D eigenvalue weighted by Crippen LogP contribution is 2.27. The maximum atomic E-state index is 12.5. The second kappa shape index (κ2) is 15.2. The predicted octanol–water partition coefficient (Wildman–Crippen LogP) is 4.86. The van der Waals surface area contributed by atoms with Gasteiger partial charge in [0.15, 0.2) is 6.61 Å². The summed E-state index contributed by atoms with van der Waals surface area (Å²) in [5.41, 5.74) is 2.00. The molecule has 1 aromatic heterocycles. The van der Waals surface area contributed by atoms with Crippen molar-refractivity contribution in [1.29, 1.82) is 0 Å². The van der Waals surface area contributed by atoms with Crippen LogP contribution in [-0.2, 0) is 37.3 Å². The number of ether oxygens (including phenoxy) is 1. The number of anilines is 1. The van der Waals surface area contributed by atoms with Crippen molar-refractivity contribution < 1.29 is 32.0 Å². The van der Waals surface area contributed by atoms with Crippen LogP contribution in [0.2, 0.25) is 0 Å². The quantitative estimate of drug-likeness (QED) is 0.355. The third-order valence-corrected chi connectivity index (χ3v) is 9.32. The van der Waals surface area contributed by atoms with Gasteiger partial charge in [-0.05, 0) is 81.6 Å². The Bertz CT molecular complexity index is 1560. The monoisotopic (exact) mass is 623 g/mol. The summed E-state index contributed by atoms with van der Waals surface area (Å²) in [6.07, 6.45) is 7.55. The van der Waals surface area contributed by atoms with Crippen LogP contribution in [0.3, 0.4) is 0 Å². The molecule has 0 spiro atoms. The highest BCUT2D eigenvalue weighted by Gasteiger charge is 2.25. The molecule has 44 heavy (non-hydrogen) atoms. The fraction of sp³-hybridized carbons (Fsp3) is 0.424. The number of esters is 1. The third kappa shape index (κ3) is 8.57. The molecule has 1 aliphatic carbocycles. The van der Waals surface area contributed by atoms with Crippen LogP contribution in [0.15, 0.2) is 70.0 Å². The van der Waals surface area contributed by atoms with Crippen molar-refractivity contribution in [3.8, 4) is 0 Å². The highest BCUT2D eigenvalue weighted by atomic mass is 32.2. The summed E-state index contributed by atoms with van der Waals surface area (Å²) in [5, 5.41) is 0. The lowest BCUT2D eigenvalue weighted by atomic mass is 9.88. The van der Waals surface area contributed by atoms with Crippen molar-refractivity contribution in [2.24, 2.45) is 5.92 Å². The van der Waals surface area contributed by atoms with Crippen LogP contribution in [0, 0.1) is 12.8 Å². The predicted molar refractivity (Wildman–Crippen MR) is 167 cm³/mol. The van der Waals surface area contributed by atoms with Crippen molar-refractivity contribution in [2.75, 3.05) is 32.1 Å². The molecule has 10 nitrogen and oxygen atoms in total. The maximum absolute atomic E-state index is 12.5. The zero-order valence-electron chi connectivity index (χ0n) is 25.6. The van der Waals surface area contributed by atoms with Crippen LogP contribution in [0.1, 0.15) is 66.0 Å². The average molecular weight is 624 g/mol. The number of hydrogen-bond acceptors (Lipinski definition) is 7. The Labute approximate surface area is 259 Å². The largest absolute Gasteiger partial charge is 0.464 e. The first kappa shape index (κ1) is 32.9. The van der Waals surface area contributed by atoms with E-state index < -0.39 is 22.6 Å². The molecule has 0 saturated heterocycles. The van der Waals surface area contributed by atoms with E-state index in [1.807, 2.05) is 50.4 Å². The van der Waals surface area contributed by atoms with E-state index in [0.717, 1.165) is 48.5 Å². The van der Waals surface area contributed by atoms with Crippen LogP contribution in [0.4, 0.5) is 5.69 Å². The number of sulfonamides is 1. The van der Waals surface area contributed by atoms with Crippen LogP contribution >= 0.6 is 0 Å². The van der Waals surface area contributed by atoms with Gasteiger partial charge in [0, 0.05) is 25.2 Å². The van der Waals surface area contributed by atoms with Gasteiger partial charge in [-0.2, -0.15) is 0 Å². The molecule has 11 heteroatoms. The second-order valence-electron chi connectivity index (χ2n) is 11.1. The zero-order chi connectivity index (χ0) is 31.7. The zero-order valence-corrected chi connectivity index (χ0v) is 26.4. The smallest absolute Gasteiger partial charge is 0.338 e. The molecule has 5 rings (SSSR count). The minimum atomic E-state index is -3.67. The van der Waals surface area contributed by atoms with Gasteiger partial charge in [0.05, 0.1) is 17.0 Å². The Morgan fingerprint density at radius 2 is 1.75 bits per heavy atom. The standard InChI is InChI=1S/C19H20N2O5S.C14H21NO2/c1-20-27(24,25)16-9-4-7-15(12-16)19(23)26-13-18(22)21-11-5-8-14-6-2-3-10-17(14)21;1-11-8-9-13(17-11)10-15(2)14(16)12-6-4-3-5-7-12/h2-4,6-7,9-10,12,20H,5,8,11,13H2,1H3;8-9,12H,3-7,10H2,1-2H3. The molecular formula is C33H41N3O7S. The van der Waals surface area contributed by atoms with Gasteiger partial charge in [0.1, 0.15) is 11.5 Å². The number of rotatable bonds is 8. The Morgan fingerprint density at radius 3 is 2.45 bits per heavy atom. The lowest BCUT2D eigenvalue weighted by molar-refractivity contribution is -0.136. The molecule has 0 unspecified atom stereocenters. The van der Waals surface area contributed by atoms with E-state index in [4.69, 9.17) is 9.15 Å². The van der Waals surface area contributed by atoms with E-state index in [-0.39, 0.29) is 28.2 Å². The molecular weight excluding hydrogens is 582 g/mol. The van der Waals surface area contributed by atoms with Gasteiger partial charge in [-0.1, -0.05) is 43.5 Å². The summed E-state index contributed by atoms with van der Waals surface area (Å²) in [4.78, 5) is 40.3. The molecule has 1 saturated carbocycles. The Balaban J connectivity index is 0.000000223. The van der Waals surface area contributed by atoms with Crippen LogP contribution in [0.5, 0.6) is 0 Å². The minimum Gasteiger partial charge on any atom is -0.464 e. The van der Waals surface area contributed by atoms with E-state index in [9.17, 15) is 22.8 Å². The summed E-state index contributed by atoms with van der Waals surface area (Å²) >= 11 is 0. The van der Waals surface area contributed by atoms with E-state index in [1.54, 1.807) is 9.80 Å². The third-order valence-electron chi connectivity index (χ3n) is 7.91. The summed E-state index contributed by atoms with van der Waals surface area (Å²) in [6, 6.07) is 17.0. The molecule has 1 fully saturated rings. The lowest BCUT2D eigenvalue weighted by Gasteiger charge is -2.29. The summed E-state index contributed by atoms with van der Waals surface area (Å²) in [7, 11) is -0.512. The van der Waals surface area contributed by atoms with E-state index in [2.05, 4.69) is 4.72 Å². The van der Waals surface area contributed by atoms with Crippen molar-refractivity contribution in [1.82, 2.24) is 9.62 Å². The Morgan fingerprint density at radius 1 is 1.00 bits per heavy atom. The highest BCUT2D eigenvalue weighted by molar-refractivity contribution is 7.89. The van der Waals surface area contributed by atoms with E-state index >= 15 is 0 Å². The number of amides is 2. The van der Waals surface area contributed by atoms with Crippen molar-refractivity contribution in [3.05, 3.63) is 83.3 Å². The normalized spacial score (nSPS) is 15.0. The van der Waals surface area contributed by atoms with Gasteiger partial charge in [0.25, 0.3) is 5.91 Å². The first-order valence-electron chi connectivity index (χ1n) is 15.0. The lowest BCUT2D eigenvalue weighted by Crippen LogP contribution is -2.38. The Hall–Kier alpha value is -3.96. The minimum absolute atomic E-state index is 0.0456. The molecule has 1 N–H and O–H groups in total. The number of nitrogens with one attached hydrogen (secondary N) is 1. The molecule has 2 amide bonds. The van der Waals surface area contributed by atoms with Crippen LogP contribution in [-0.4, -0.2) is 58.3 Å². The summed E-state index contributed by atoms with van der Waals surface area (Å²) in [6.45, 7) is 2.68.